The molecule has 1 amide bonds. The molecule has 0 unspecified atom stereocenters. The number of amides is 1. The number of benzene rings is 3. The van der Waals surface area contributed by atoms with Crippen LogP contribution in [0.15, 0.2) is 60.7 Å². The Hall–Kier alpha value is -3.02. The highest BCUT2D eigenvalue weighted by Crippen LogP contribution is 2.30. The van der Waals surface area contributed by atoms with Crippen molar-refractivity contribution in [3.8, 4) is 11.1 Å². The van der Waals surface area contributed by atoms with Gasteiger partial charge in [0.1, 0.15) is 6.61 Å². The Morgan fingerprint density at radius 1 is 0.912 bits per heavy atom. The van der Waals surface area contributed by atoms with E-state index in [1.165, 1.54) is 7.11 Å². The number of nitrogens with zero attached hydrogens (tertiary/aromatic N) is 1. The Balaban J connectivity index is 1.83. The van der Waals surface area contributed by atoms with E-state index in [9.17, 15) is 9.59 Å². The van der Waals surface area contributed by atoms with Crippen LogP contribution in [0.25, 0.3) is 11.1 Å². The number of ether oxygens (including phenoxy) is 2. The highest BCUT2D eigenvalue weighted by molar-refractivity contribution is 6.31. The van der Waals surface area contributed by atoms with Crippen molar-refractivity contribution in [1.29, 1.82) is 0 Å². The van der Waals surface area contributed by atoms with E-state index in [2.05, 4.69) is 0 Å². The van der Waals surface area contributed by atoms with Gasteiger partial charge in [-0.1, -0.05) is 65.2 Å². The zero-order valence-corrected chi connectivity index (χ0v) is 20.9. The van der Waals surface area contributed by atoms with Gasteiger partial charge in [-0.2, -0.15) is 0 Å². The van der Waals surface area contributed by atoms with Crippen molar-refractivity contribution >= 4 is 35.3 Å². The largest absolute Gasteiger partial charge is 0.469 e. The van der Waals surface area contributed by atoms with Crippen LogP contribution in [0.2, 0.25) is 10.0 Å². The van der Waals surface area contributed by atoms with Crippen molar-refractivity contribution in [2.75, 3.05) is 13.7 Å². The number of esters is 1. The highest BCUT2D eigenvalue weighted by Gasteiger charge is 2.17. The van der Waals surface area contributed by atoms with Crippen LogP contribution >= 0.6 is 23.2 Å². The van der Waals surface area contributed by atoms with Crippen LogP contribution in [0.3, 0.4) is 0 Å². The van der Waals surface area contributed by atoms with Gasteiger partial charge >= 0.3 is 12.1 Å². The van der Waals surface area contributed by atoms with Gasteiger partial charge in [-0.05, 0) is 65.9 Å². The van der Waals surface area contributed by atoms with Crippen molar-refractivity contribution in [3.05, 3.63) is 93.0 Å². The summed E-state index contributed by atoms with van der Waals surface area (Å²) in [5.41, 5.74) is 5.45. The summed E-state index contributed by atoms with van der Waals surface area (Å²) in [5.74, 6) is -0.335. The summed E-state index contributed by atoms with van der Waals surface area (Å²) in [7, 11) is 1.36. The Bertz CT molecular complexity index is 1160. The summed E-state index contributed by atoms with van der Waals surface area (Å²) in [5, 5.41) is 1.16. The van der Waals surface area contributed by atoms with E-state index < -0.39 is 6.09 Å². The van der Waals surface area contributed by atoms with E-state index in [1.807, 2.05) is 56.3 Å². The van der Waals surface area contributed by atoms with Gasteiger partial charge in [-0.15, -0.1) is 0 Å². The topological polar surface area (TPSA) is 55.8 Å². The molecule has 178 valence electrons. The van der Waals surface area contributed by atoms with Crippen molar-refractivity contribution in [2.24, 2.45) is 0 Å². The molecule has 0 N–H and O–H groups in total. The smallest absolute Gasteiger partial charge is 0.410 e. The van der Waals surface area contributed by atoms with Gasteiger partial charge in [0.2, 0.25) is 0 Å². The number of aryl methyl sites for hydroxylation is 1. The number of carbonyl (C=O) groups is 2. The molecule has 7 heteroatoms. The number of hydrogen-bond donors (Lipinski definition) is 0. The number of carbonyl (C=O) groups excluding carboxylic acids is 2. The first-order valence-electron chi connectivity index (χ1n) is 10.9. The molecule has 0 saturated heterocycles. The average molecular weight is 500 g/mol. The third kappa shape index (κ3) is 6.99. The zero-order chi connectivity index (χ0) is 24.7. The minimum atomic E-state index is -0.401. The minimum absolute atomic E-state index is 0.128. The maximum atomic E-state index is 12.8. The van der Waals surface area contributed by atoms with Crippen LogP contribution in [0.4, 0.5) is 4.79 Å². The molecular formula is C27H27Cl2NO4. The lowest BCUT2D eigenvalue weighted by Crippen LogP contribution is -2.31. The standard InChI is InChI=1S/C27H27Cl2NO4/c1-4-30(27(32)34-17-19-6-8-23(28)9-7-19)16-22-11-18(2)5-10-25(22)21-12-20(13-24(29)15-21)14-26(31)33-3/h5-13,15H,4,14,16-17H2,1-3H3. The van der Waals surface area contributed by atoms with Gasteiger partial charge in [0, 0.05) is 23.1 Å². The lowest BCUT2D eigenvalue weighted by Gasteiger charge is -2.23. The first kappa shape index (κ1) is 25.6. The maximum absolute atomic E-state index is 12.8. The van der Waals surface area contributed by atoms with Gasteiger partial charge in [0.25, 0.3) is 0 Å². The fraction of sp³-hybridized carbons (Fsp3) is 0.259. The summed E-state index contributed by atoms with van der Waals surface area (Å²) >= 11 is 12.3. The van der Waals surface area contributed by atoms with Crippen LogP contribution < -0.4 is 0 Å². The van der Waals surface area contributed by atoms with Crippen molar-refractivity contribution < 1.29 is 19.1 Å². The third-order valence-electron chi connectivity index (χ3n) is 5.38. The van der Waals surface area contributed by atoms with Gasteiger partial charge in [-0.3, -0.25) is 4.79 Å². The third-order valence-corrected chi connectivity index (χ3v) is 5.85. The van der Waals surface area contributed by atoms with Crippen LogP contribution in [0.5, 0.6) is 0 Å². The van der Waals surface area contributed by atoms with Gasteiger partial charge in [0.15, 0.2) is 0 Å². The van der Waals surface area contributed by atoms with Crippen molar-refractivity contribution in [1.82, 2.24) is 4.90 Å². The SMILES string of the molecule is CCN(Cc1cc(C)ccc1-c1cc(Cl)cc(CC(=O)OC)c1)C(=O)OCc1ccc(Cl)cc1. The van der Waals surface area contributed by atoms with E-state index in [-0.39, 0.29) is 19.0 Å². The van der Waals surface area contributed by atoms with E-state index in [1.54, 1.807) is 23.1 Å². The quantitative estimate of drug-likeness (QED) is 0.318. The highest BCUT2D eigenvalue weighted by atomic mass is 35.5. The molecule has 0 fully saturated rings. The molecule has 0 aliphatic rings. The number of hydrogen-bond acceptors (Lipinski definition) is 4. The van der Waals surface area contributed by atoms with Gasteiger partial charge in [-0.25, -0.2) is 4.79 Å². The summed E-state index contributed by atoms with van der Waals surface area (Å²) in [6, 6.07) is 18.8. The molecule has 0 radical (unpaired) electrons. The molecule has 3 rings (SSSR count). The summed E-state index contributed by atoms with van der Waals surface area (Å²) < 4.78 is 10.3. The fourth-order valence-corrected chi connectivity index (χ4v) is 3.99. The molecular weight excluding hydrogens is 473 g/mol. The summed E-state index contributed by atoms with van der Waals surface area (Å²) in [4.78, 5) is 26.2. The Labute approximate surface area is 210 Å². The first-order valence-corrected chi connectivity index (χ1v) is 11.7. The van der Waals surface area contributed by atoms with Crippen LogP contribution in [0, 0.1) is 6.92 Å². The molecule has 0 atom stereocenters. The van der Waals surface area contributed by atoms with E-state index in [0.717, 1.165) is 33.4 Å². The second-order valence-corrected chi connectivity index (χ2v) is 8.83. The molecule has 0 heterocycles. The molecule has 34 heavy (non-hydrogen) atoms. The average Bonchev–Trinajstić information content (AvgIpc) is 2.81. The molecule has 0 spiro atoms. The lowest BCUT2D eigenvalue weighted by atomic mass is 9.95. The van der Waals surface area contributed by atoms with Crippen LogP contribution in [-0.2, 0) is 33.8 Å². The molecule has 3 aromatic carbocycles. The number of methoxy groups -OCH3 is 1. The second kappa shape index (κ2) is 11.9. The van der Waals surface area contributed by atoms with E-state index in [4.69, 9.17) is 32.7 Å². The van der Waals surface area contributed by atoms with Crippen molar-refractivity contribution in [2.45, 2.75) is 33.4 Å². The predicted molar refractivity (Wildman–Crippen MR) is 135 cm³/mol. The van der Waals surface area contributed by atoms with Crippen LogP contribution in [0.1, 0.15) is 29.2 Å². The Morgan fingerprint density at radius 2 is 1.65 bits per heavy atom. The normalized spacial score (nSPS) is 10.6. The molecule has 0 saturated carbocycles. The summed E-state index contributed by atoms with van der Waals surface area (Å²) in [6.07, 6.45) is -0.272. The molecule has 5 nitrogen and oxygen atoms in total. The zero-order valence-electron chi connectivity index (χ0n) is 19.4. The lowest BCUT2D eigenvalue weighted by molar-refractivity contribution is -0.139. The molecule has 0 aromatic heterocycles. The van der Waals surface area contributed by atoms with Crippen LogP contribution in [-0.4, -0.2) is 30.6 Å². The Kier molecular flexibility index (Phi) is 8.97. The second-order valence-electron chi connectivity index (χ2n) is 7.96. The molecule has 3 aromatic rings. The van der Waals surface area contributed by atoms with E-state index in [0.29, 0.717) is 23.1 Å². The Morgan fingerprint density at radius 3 is 2.32 bits per heavy atom. The van der Waals surface area contributed by atoms with E-state index >= 15 is 0 Å². The predicted octanol–water partition coefficient (Wildman–Crippen LogP) is 6.84. The van der Waals surface area contributed by atoms with Gasteiger partial charge < -0.3 is 14.4 Å². The monoisotopic (exact) mass is 499 g/mol. The first-order chi connectivity index (χ1) is 16.3. The molecule has 0 bridgehead atoms. The number of halogens is 2. The van der Waals surface area contributed by atoms with Gasteiger partial charge in [0.05, 0.1) is 13.5 Å². The van der Waals surface area contributed by atoms with Crippen molar-refractivity contribution in [3.63, 3.8) is 0 Å². The minimum Gasteiger partial charge on any atom is -0.469 e. The maximum Gasteiger partial charge on any atom is 0.410 e. The summed E-state index contributed by atoms with van der Waals surface area (Å²) in [6.45, 7) is 4.93. The molecule has 0 aliphatic heterocycles. The fourth-order valence-electron chi connectivity index (χ4n) is 3.61. The number of rotatable bonds is 8. The molecule has 0 aliphatic carbocycles.